The van der Waals surface area contributed by atoms with Crippen molar-refractivity contribution in [1.29, 1.82) is 0 Å². The van der Waals surface area contributed by atoms with Gasteiger partial charge in [0.1, 0.15) is 5.78 Å². The van der Waals surface area contributed by atoms with Gasteiger partial charge in [0.05, 0.1) is 0 Å². The van der Waals surface area contributed by atoms with Gasteiger partial charge in [-0.05, 0) is 45.7 Å². The van der Waals surface area contributed by atoms with Crippen molar-refractivity contribution in [1.82, 2.24) is 15.5 Å². The summed E-state index contributed by atoms with van der Waals surface area (Å²) in [5.74, 6) is 0.990. The molecule has 0 aromatic carbocycles. The van der Waals surface area contributed by atoms with Crippen molar-refractivity contribution < 1.29 is 11.0 Å². The van der Waals surface area contributed by atoms with E-state index in [1.54, 1.807) is 13.0 Å². The van der Waals surface area contributed by atoms with Crippen molar-refractivity contribution in [2.45, 2.75) is 53.5 Å². The van der Waals surface area contributed by atoms with E-state index in [9.17, 15) is 9.59 Å². The Morgan fingerprint density at radius 3 is 2.26 bits per heavy atom. The van der Waals surface area contributed by atoms with Crippen LogP contribution in [0.2, 0.25) is 0 Å². The van der Waals surface area contributed by atoms with Gasteiger partial charge in [-0.15, -0.1) is 10.2 Å². The first-order valence-corrected chi connectivity index (χ1v) is 8.37. The molecule has 1 N–H and O–H groups in total. The molecule has 0 saturated carbocycles. The van der Waals surface area contributed by atoms with E-state index in [0.29, 0.717) is 5.69 Å². The van der Waals surface area contributed by atoms with Crippen molar-refractivity contribution in [3.05, 3.63) is 17.8 Å². The number of hydrogen-bond acceptors (Lipinski definition) is 5. The van der Waals surface area contributed by atoms with E-state index >= 15 is 0 Å². The van der Waals surface area contributed by atoms with E-state index in [4.69, 9.17) is 0 Å². The van der Waals surface area contributed by atoms with E-state index in [1.807, 2.05) is 33.8 Å². The van der Waals surface area contributed by atoms with E-state index in [0.717, 1.165) is 31.7 Å². The first-order valence-electron chi connectivity index (χ1n) is 8.37. The number of nitrogens with zero attached hydrogens (tertiary/aromatic N) is 3. The fraction of sp³-hybridized carbons (Fsp3) is 0.647. The maximum atomic E-state index is 11.8. The van der Waals surface area contributed by atoms with Gasteiger partial charge >= 0.3 is 0 Å². The number of carbonyl (C=O) groups is 2. The van der Waals surface area contributed by atoms with Crippen LogP contribution in [0.3, 0.4) is 0 Å². The summed E-state index contributed by atoms with van der Waals surface area (Å²) in [4.78, 5) is 25.3. The fourth-order valence-electron chi connectivity index (χ4n) is 2.47. The maximum Gasteiger partial charge on any atom is 0.271 e. The van der Waals surface area contributed by atoms with Crippen molar-refractivity contribution in [3.8, 4) is 0 Å². The summed E-state index contributed by atoms with van der Waals surface area (Å²) in [6.07, 6.45) is 1.71. The van der Waals surface area contributed by atoms with Crippen LogP contribution in [0, 0.1) is 5.92 Å². The number of rotatable bonds is 4. The summed E-state index contributed by atoms with van der Waals surface area (Å²) in [5.41, 5.74) is 0.325. The van der Waals surface area contributed by atoms with Gasteiger partial charge in [0.2, 0.25) is 0 Å². The third kappa shape index (κ3) is 5.62. The van der Waals surface area contributed by atoms with E-state index < -0.39 is 0 Å². The molecule has 0 spiro atoms. The van der Waals surface area contributed by atoms with E-state index in [2.05, 4.69) is 20.4 Å². The smallest absolute Gasteiger partial charge is 0.271 e. The molecule has 2 heterocycles. The largest absolute Gasteiger partial charge is 0.355 e. The molecule has 130 valence electrons. The summed E-state index contributed by atoms with van der Waals surface area (Å²) >= 11 is 0. The SMILES string of the molecule is CC.CC(=O)C1CCN(c2ccc(C(=O)NC(C)C)nn2)CC1.[HH]. The Balaban J connectivity index is 0.00000170. The number of hydrogen-bond donors (Lipinski definition) is 1. The molecule has 1 amide bonds. The number of carbonyl (C=O) groups excluding carboxylic acids is 2. The van der Waals surface area contributed by atoms with Gasteiger partial charge in [0, 0.05) is 26.5 Å². The van der Waals surface area contributed by atoms with Crippen LogP contribution >= 0.6 is 0 Å². The van der Waals surface area contributed by atoms with Crippen LogP contribution in [0.4, 0.5) is 5.82 Å². The van der Waals surface area contributed by atoms with Gasteiger partial charge in [0.25, 0.3) is 5.91 Å². The van der Waals surface area contributed by atoms with Gasteiger partial charge in [-0.3, -0.25) is 9.59 Å². The predicted molar refractivity (Wildman–Crippen MR) is 93.7 cm³/mol. The number of amides is 1. The molecule has 23 heavy (non-hydrogen) atoms. The van der Waals surface area contributed by atoms with Crippen LogP contribution in [0.5, 0.6) is 0 Å². The number of piperidine rings is 1. The molecule has 2 rings (SSSR count). The Bertz CT molecular complexity index is 512. The number of nitrogens with one attached hydrogen (secondary N) is 1. The van der Waals surface area contributed by atoms with Crippen LogP contribution in [0.1, 0.15) is 59.4 Å². The second kappa shape index (κ2) is 9.22. The Morgan fingerprint density at radius 1 is 1.22 bits per heavy atom. The molecule has 1 aliphatic rings. The summed E-state index contributed by atoms with van der Waals surface area (Å²) in [6, 6.07) is 3.58. The number of anilines is 1. The van der Waals surface area contributed by atoms with Crippen LogP contribution in [-0.4, -0.2) is 41.0 Å². The monoisotopic (exact) mass is 322 g/mol. The molecular weight excluding hydrogens is 292 g/mol. The topological polar surface area (TPSA) is 75.2 Å². The van der Waals surface area contributed by atoms with Crippen molar-refractivity contribution >= 4 is 17.5 Å². The molecule has 1 saturated heterocycles. The lowest BCUT2D eigenvalue weighted by Gasteiger charge is -2.31. The average molecular weight is 322 g/mol. The summed E-state index contributed by atoms with van der Waals surface area (Å²) in [5, 5.41) is 10.9. The van der Waals surface area contributed by atoms with Crippen molar-refractivity contribution in [2.24, 2.45) is 5.92 Å². The Morgan fingerprint density at radius 2 is 1.83 bits per heavy atom. The summed E-state index contributed by atoms with van der Waals surface area (Å²) < 4.78 is 0. The highest BCUT2D eigenvalue weighted by atomic mass is 16.2. The summed E-state index contributed by atoms with van der Waals surface area (Å²) in [7, 11) is 0. The lowest BCUT2D eigenvalue weighted by atomic mass is 9.93. The van der Waals surface area contributed by atoms with Crippen molar-refractivity contribution in [2.75, 3.05) is 18.0 Å². The molecule has 6 heteroatoms. The molecule has 0 unspecified atom stereocenters. The third-order valence-electron chi connectivity index (χ3n) is 3.70. The molecule has 1 aromatic heterocycles. The van der Waals surface area contributed by atoms with Crippen LogP contribution in [0.15, 0.2) is 12.1 Å². The lowest BCUT2D eigenvalue weighted by Crippen LogP contribution is -2.36. The van der Waals surface area contributed by atoms with Crippen LogP contribution in [-0.2, 0) is 4.79 Å². The molecule has 1 fully saturated rings. The van der Waals surface area contributed by atoms with Gasteiger partial charge < -0.3 is 10.2 Å². The molecule has 1 aliphatic heterocycles. The highest BCUT2D eigenvalue weighted by Crippen LogP contribution is 2.21. The lowest BCUT2D eigenvalue weighted by molar-refractivity contribution is -0.121. The standard InChI is InChI=1S/C15H22N4O2.C2H6.H2/c1-10(2)16-15(21)13-4-5-14(18-17-13)19-8-6-12(7-9-19)11(3)20;1-2;/h4-5,10,12H,6-9H2,1-3H3,(H,16,21);1-2H3;1H. The van der Waals surface area contributed by atoms with Gasteiger partial charge in [-0.1, -0.05) is 13.8 Å². The first kappa shape index (κ1) is 19.1. The predicted octanol–water partition coefficient (Wildman–Crippen LogP) is 2.69. The highest BCUT2D eigenvalue weighted by Gasteiger charge is 2.23. The van der Waals surface area contributed by atoms with E-state index in [1.165, 1.54) is 0 Å². The number of ketones is 1. The maximum absolute atomic E-state index is 11.8. The van der Waals surface area contributed by atoms with Crippen molar-refractivity contribution in [3.63, 3.8) is 0 Å². The quantitative estimate of drug-likeness (QED) is 0.922. The molecular formula is C17H30N4O2. The minimum atomic E-state index is -0.209. The molecule has 6 nitrogen and oxygen atoms in total. The zero-order valence-corrected chi connectivity index (χ0v) is 14.8. The Hall–Kier alpha value is -1.98. The highest BCUT2D eigenvalue weighted by molar-refractivity contribution is 5.92. The minimum absolute atomic E-state index is 0. The molecule has 0 radical (unpaired) electrons. The number of aromatic nitrogens is 2. The normalized spacial score (nSPS) is 15.0. The number of Topliss-reactive ketones (excluding diaryl/α,β-unsaturated/α-hetero) is 1. The zero-order chi connectivity index (χ0) is 17.4. The van der Waals surface area contributed by atoms with E-state index in [-0.39, 0.29) is 25.1 Å². The second-order valence-corrected chi connectivity index (χ2v) is 5.78. The Kier molecular flexibility index (Phi) is 7.65. The van der Waals surface area contributed by atoms with Gasteiger partial charge in [-0.25, -0.2) is 0 Å². The first-order chi connectivity index (χ1) is 11.0. The fourth-order valence-corrected chi connectivity index (χ4v) is 2.47. The average Bonchev–Trinajstić information content (AvgIpc) is 2.56. The van der Waals surface area contributed by atoms with Crippen LogP contribution < -0.4 is 10.2 Å². The minimum Gasteiger partial charge on any atom is -0.355 e. The Labute approximate surface area is 140 Å². The molecule has 1 aromatic rings. The molecule has 0 atom stereocenters. The summed E-state index contributed by atoms with van der Waals surface area (Å²) in [6.45, 7) is 11.1. The van der Waals surface area contributed by atoms with Crippen LogP contribution in [0.25, 0.3) is 0 Å². The van der Waals surface area contributed by atoms with Gasteiger partial charge in [0.15, 0.2) is 11.5 Å². The van der Waals surface area contributed by atoms with Gasteiger partial charge in [-0.2, -0.15) is 0 Å². The second-order valence-electron chi connectivity index (χ2n) is 5.78. The molecule has 0 bridgehead atoms. The zero-order valence-electron chi connectivity index (χ0n) is 14.8. The molecule has 0 aliphatic carbocycles. The third-order valence-corrected chi connectivity index (χ3v) is 3.70.